The molecule has 19 heavy (non-hydrogen) atoms. The number of amides is 1. The van der Waals surface area contributed by atoms with E-state index in [0.29, 0.717) is 27.2 Å². The van der Waals surface area contributed by atoms with Gasteiger partial charge in [0.1, 0.15) is 0 Å². The number of hydrogen-bond donors (Lipinski definition) is 1. The molecule has 0 atom stereocenters. The van der Waals surface area contributed by atoms with E-state index in [1.165, 1.54) is 5.01 Å². The van der Waals surface area contributed by atoms with Crippen molar-refractivity contribution in [3.63, 3.8) is 0 Å². The fraction of sp³-hybridized carbons (Fsp3) is 0. The molecule has 2 aromatic rings. The normalized spacial score (nSPS) is 10.1. The fourth-order valence-corrected chi connectivity index (χ4v) is 1.87. The number of carbonyl (C=O) groups excluding carboxylic acids is 1. The lowest BCUT2D eigenvalue weighted by Gasteiger charge is -2.20. The first-order valence-corrected chi connectivity index (χ1v) is 6.45. The van der Waals surface area contributed by atoms with Gasteiger partial charge >= 0.3 is 0 Å². The van der Waals surface area contributed by atoms with Crippen LogP contribution in [0.2, 0.25) is 15.1 Å². The van der Waals surface area contributed by atoms with Crippen LogP contribution in [0.25, 0.3) is 0 Å². The smallest absolute Gasteiger partial charge is 0.232 e. The van der Waals surface area contributed by atoms with E-state index in [0.717, 1.165) is 5.69 Å². The largest absolute Gasteiger partial charge is 0.292 e. The molecule has 0 aliphatic carbocycles. The summed E-state index contributed by atoms with van der Waals surface area (Å²) in [5.41, 5.74) is 4.23. The summed E-state index contributed by atoms with van der Waals surface area (Å²) >= 11 is 17.5. The fourth-order valence-electron chi connectivity index (χ4n) is 1.45. The van der Waals surface area contributed by atoms with Gasteiger partial charge in [-0.3, -0.25) is 10.2 Å². The van der Waals surface area contributed by atoms with E-state index in [9.17, 15) is 4.79 Å². The lowest BCUT2D eigenvalue weighted by atomic mass is 10.3. The van der Waals surface area contributed by atoms with Crippen LogP contribution in [0.3, 0.4) is 0 Å². The van der Waals surface area contributed by atoms with Crippen molar-refractivity contribution < 1.29 is 4.79 Å². The first kappa shape index (κ1) is 14.0. The maximum absolute atomic E-state index is 11.1. The highest BCUT2D eigenvalue weighted by molar-refractivity contribution is 6.42. The zero-order valence-corrected chi connectivity index (χ0v) is 11.9. The Morgan fingerprint density at radius 1 is 0.947 bits per heavy atom. The van der Waals surface area contributed by atoms with Gasteiger partial charge in [-0.1, -0.05) is 34.8 Å². The summed E-state index contributed by atoms with van der Waals surface area (Å²) in [7, 11) is 0. The SMILES string of the molecule is O=CN(Nc1ccc(Cl)cc1)c1ccc(Cl)c(Cl)c1. The zero-order chi connectivity index (χ0) is 13.8. The standard InChI is InChI=1S/C13H9Cl3N2O/c14-9-1-3-10(4-2-9)17-18(8-19)11-5-6-12(15)13(16)7-11/h1-8,17H. The molecular formula is C13H9Cl3N2O. The van der Waals surface area contributed by atoms with Crippen LogP contribution >= 0.6 is 34.8 Å². The van der Waals surface area contributed by atoms with Crippen molar-refractivity contribution >= 4 is 52.6 Å². The molecule has 2 rings (SSSR count). The number of nitrogens with one attached hydrogen (secondary N) is 1. The van der Waals surface area contributed by atoms with E-state index in [-0.39, 0.29) is 0 Å². The van der Waals surface area contributed by atoms with Crippen molar-refractivity contribution in [1.29, 1.82) is 0 Å². The van der Waals surface area contributed by atoms with Gasteiger partial charge in [-0.05, 0) is 42.5 Å². The minimum atomic E-state index is 0.379. The average Bonchev–Trinajstić information content (AvgIpc) is 2.41. The van der Waals surface area contributed by atoms with Crippen LogP contribution < -0.4 is 10.4 Å². The highest BCUT2D eigenvalue weighted by Crippen LogP contribution is 2.27. The minimum absolute atomic E-state index is 0.379. The first-order valence-electron chi connectivity index (χ1n) is 5.32. The lowest BCUT2D eigenvalue weighted by molar-refractivity contribution is -0.107. The number of carbonyl (C=O) groups is 1. The molecule has 0 aromatic heterocycles. The maximum Gasteiger partial charge on any atom is 0.232 e. The van der Waals surface area contributed by atoms with Crippen molar-refractivity contribution in [3.05, 3.63) is 57.5 Å². The van der Waals surface area contributed by atoms with Crippen LogP contribution in [0.15, 0.2) is 42.5 Å². The maximum atomic E-state index is 11.1. The molecule has 6 heteroatoms. The molecule has 0 saturated carbocycles. The van der Waals surface area contributed by atoms with Gasteiger partial charge < -0.3 is 0 Å². The monoisotopic (exact) mass is 314 g/mol. The van der Waals surface area contributed by atoms with Crippen LogP contribution in [0, 0.1) is 0 Å². The van der Waals surface area contributed by atoms with Crippen molar-refractivity contribution in [3.8, 4) is 0 Å². The molecule has 0 radical (unpaired) electrons. The van der Waals surface area contributed by atoms with Crippen molar-refractivity contribution in [2.75, 3.05) is 10.4 Å². The van der Waals surface area contributed by atoms with Gasteiger partial charge in [0.2, 0.25) is 6.41 Å². The summed E-state index contributed by atoms with van der Waals surface area (Å²) < 4.78 is 0. The third-order valence-electron chi connectivity index (χ3n) is 2.38. The molecule has 0 saturated heterocycles. The van der Waals surface area contributed by atoms with Crippen LogP contribution in [0.5, 0.6) is 0 Å². The summed E-state index contributed by atoms with van der Waals surface area (Å²) in [5, 5.41) is 2.73. The van der Waals surface area contributed by atoms with Gasteiger partial charge in [0.25, 0.3) is 0 Å². The molecule has 0 aliphatic rings. The minimum Gasteiger partial charge on any atom is -0.292 e. The predicted molar refractivity (Wildman–Crippen MR) is 80.1 cm³/mol. The van der Waals surface area contributed by atoms with E-state index in [1.807, 2.05) is 0 Å². The highest BCUT2D eigenvalue weighted by atomic mass is 35.5. The molecule has 0 unspecified atom stereocenters. The number of halogens is 3. The Labute approximate surface area is 125 Å². The summed E-state index contributed by atoms with van der Waals surface area (Å²) in [5.74, 6) is 0. The van der Waals surface area contributed by atoms with E-state index in [2.05, 4.69) is 5.43 Å². The Hall–Kier alpha value is -1.42. The first-order chi connectivity index (χ1) is 9.10. The Morgan fingerprint density at radius 2 is 1.63 bits per heavy atom. The molecule has 0 heterocycles. The van der Waals surface area contributed by atoms with Gasteiger partial charge in [0.15, 0.2) is 0 Å². The number of benzene rings is 2. The lowest BCUT2D eigenvalue weighted by Crippen LogP contribution is -2.27. The predicted octanol–water partition coefficient (Wildman–Crippen LogP) is 4.64. The molecule has 2 aromatic carbocycles. The van der Waals surface area contributed by atoms with Gasteiger partial charge in [0, 0.05) is 5.02 Å². The average molecular weight is 316 g/mol. The molecule has 1 N–H and O–H groups in total. The van der Waals surface area contributed by atoms with E-state index in [1.54, 1.807) is 42.5 Å². The molecule has 0 aliphatic heterocycles. The van der Waals surface area contributed by atoms with Gasteiger partial charge in [-0.15, -0.1) is 0 Å². The summed E-state index contributed by atoms with van der Waals surface area (Å²) in [4.78, 5) is 11.1. The third kappa shape index (κ3) is 3.53. The Balaban J connectivity index is 2.22. The van der Waals surface area contributed by atoms with Crippen molar-refractivity contribution in [2.45, 2.75) is 0 Å². The van der Waals surface area contributed by atoms with E-state index < -0.39 is 0 Å². The van der Waals surface area contributed by atoms with E-state index >= 15 is 0 Å². The number of anilines is 2. The number of nitrogens with zero attached hydrogens (tertiary/aromatic N) is 1. The molecule has 0 bridgehead atoms. The Morgan fingerprint density at radius 3 is 2.21 bits per heavy atom. The molecule has 3 nitrogen and oxygen atoms in total. The van der Waals surface area contributed by atoms with Gasteiger partial charge in [-0.2, -0.15) is 0 Å². The number of rotatable bonds is 4. The topological polar surface area (TPSA) is 32.3 Å². The van der Waals surface area contributed by atoms with Crippen molar-refractivity contribution in [2.24, 2.45) is 0 Å². The molecule has 98 valence electrons. The second-order valence-corrected chi connectivity index (χ2v) is 4.94. The zero-order valence-electron chi connectivity index (χ0n) is 9.61. The van der Waals surface area contributed by atoms with Gasteiger partial charge in [-0.25, -0.2) is 5.01 Å². The summed E-state index contributed by atoms with van der Waals surface area (Å²) in [6, 6.07) is 11.9. The van der Waals surface area contributed by atoms with Crippen LogP contribution in [0.4, 0.5) is 11.4 Å². The van der Waals surface area contributed by atoms with Gasteiger partial charge in [0.05, 0.1) is 21.4 Å². The summed E-state index contributed by atoms with van der Waals surface area (Å²) in [6.07, 6.45) is 0.647. The van der Waals surface area contributed by atoms with Crippen LogP contribution in [0.1, 0.15) is 0 Å². The number of hydrazine groups is 1. The molecule has 0 fully saturated rings. The molecular weight excluding hydrogens is 307 g/mol. The van der Waals surface area contributed by atoms with Crippen LogP contribution in [-0.2, 0) is 4.79 Å². The molecule has 1 amide bonds. The van der Waals surface area contributed by atoms with E-state index in [4.69, 9.17) is 34.8 Å². The van der Waals surface area contributed by atoms with Crippen molar-refractivity contribution in [1.82, 2.24) is 0 Å². The Kier molecular flexibility index (Phi) is 4.53. The Bertz CT molecular complexity index is 587. The van der Waals surface area contributed by atoms with Crippen LogP contribution in [-0.4, -0.2) is 6.41 Å². The quantitative estimate of drug-likeness (QED) is 0.658. The second-order valence-electron chi connectivity index (χ2n) is 3.69. The number of hydrogen-bond acceptors (Lipinski definition) is 2. The molecule has 0 spiro atoms. The third-order valence-corrected chi connectivity index (χ3v) is 3.37. The summed E-state index contributed by atoms with van der Waals surface area (Å²) in [6.45, 7) is 0. The highest BCUT2D eigenvalue weighted by Gasteiger charge is 2.07. The second kappa shape index (κ2) is 6.15.